The molecule has 5 heteroatoms. The standard InChI is InChI=1S/C13H12BrFN2O/c1-7(2)10-11(18)12(14)17-13(16-10)8-3-5-9(15)6-4-8/h3-7,18H,1-2H3. The molecule has 2 rings (SSSR count). The molecule has 0 radical (unpaired) electrons. The lowest BCUT2D eigenvalue weighted by Gasteiger charge is -2.10. The quantitative estimate of drug-likeness (QED) is 0.856. The van der Waals surface area contributed by atoms with Gasteiger partial charge >= 0.3 is 0 Å². The van der Waals surface area contributed by atoms with E-state index in [0.29, 0.717) is 21.7 Å². The third-order valence-corrected chi connectivity index (χ3v) is 3.07. The zero-order chi connectivity index (χ0) is 13.3. The van der Waals surface area contributed by atoms with Crippen molar-refractivity contribution in [1.29, 1.82) is 0 Å². The number of aromatic hydroxyl groups is 1. The van der Waals surface area contributed by atoms with Crippen LogP contribution in [0.15, 0.2) is 28.9 Å². The summed E-state index contributed by atoms with van der Waals surface area (Å²) in [7, 11) is 0. The van der Waals surface area contributed by atoms with Crippen LogP contribution in [0.25, 0.3) is 11.4 Å². The highest BCUT2D eigenvalue weighted by molar-refractivity contribution is 9.10. The summed E-state index contributed by atoms with van der Waals surface area (Å²) >= 11 is 3.20. The average molecular weight is 311 g/mol. The zero-order valence-corrected chi connectivity index (χ0v) is 11.6. The van der Waals surface area contributed by atoms with Crippen LogP contribution < -0.4 is 0 Å². The first-order valence-corrected chi connectivity index (χ1v) is 6.30. The number of rotatable bonds is 2. The Morgan fingerprint density at radius 1 is 1.17 bits per heavy atom. The highest BCUT2D eigenvalue weighted by Crippen LogP contribution is 2.32. The van der Waals surface area contributed by atoms with Crippen LogP contribution in [-0.4, -0.2) is 15.1 Å². The minimum absolute atomic E-state index is 0.0517. The van der Waals surface area contributed by atoms with Gasteiger partial charge in [-0.3, -0.25) is 0 Å². The van der Waals surface area contributed by atoms with Crippen molar-refractivity contribution >= 4 is 15.9 Å². The Hall–Kier alpha value is -1.49. The normalized spacial score (nSPS) is 10.9. The van der Waals surface area contributed by atoms with Crippen LogP contribution in [0.1, 0.15) is 25.5 Å². The molecule has 18 heavy (non-hydrogen) atoms. The van der Waals surface area contributed by atoms with Gasteiger partial charge in [-0.2, -0.15) is 0 Å². The molecule has 94 valence electrons. The van der Waals surface area contributed by atoms with Crippen molar-refractivity contribution in [1.82, 2.24) is 9.97 Å². The molecule has 0 aliphatic carbocycles. The fourth-order valence-electron chi connectivity index (χ4n) is 1.57. The largest absolute Gasteiger partial charge is 0.504 e. The third kappa shape index (κ3) is 2.51. The summed E-state index contributed by atoms with van der Waals surface area (Å²) in [4.78, 5) is 8.47. The molecule has 1 aromatic heterocycles. The van der Waals surface area contributed by atoms with Crippen molar-refractivity contribution in [2.75, 3.05) is 0 Å². The van der Waals surface area contributed by atoms with Crippen LogP contribution in [0, 0.1) is 5.82 Å². The van der Waals surface area contributed by atoms with E-state index in [9.17, 15) is 9.50 Å². The molecular formula is C13H12BrFN2O. The van der Waals surface area contributed by atoms with Crippen molar-refractivity contribution in [3.8, 4) is 17.1 Å². The highest BCUT2D eigenvalue weighted by atomic mass is 79.9. The minimum Gasteiger partial charge on any atom is -0.504 e. The Morgan fingerprint density at radius 3 is 2.33 bits per heavy atom. The Labute approximate surface area is 113 Å². The van der Waals surface area contributed by atoms with E-state index < -0.39 is 0 Å². The van der Waals surface area contributed by atoms with Crippen molar-refractivity contribution in [3.05, 3.63) is 40.4 Å². The van der Waals surface area contributed by atoms with Gasteiger partial charge in [0.25, 0.3) is 0 Å². The minimum atomic E-state index is -0.305. The second kappa shape index (κ2) is 5.02. The van der Waals surface area contributed by atoms with E-state index in [1.807, 2.05) is 13.8 Å². The van der Waals surface area contributed by atoms with Gasteiger partial charge in [0.15, 0.2) is 16.2 Å². The number of hydrogen-bond donors (Lipinski definition) is 1. The van der Waals surface area contributed by atoms with Crippen molar-refractivity contribution < 1.29 is 9.50 Å². The molecule has 3 nitrogen and oxygen atoms in total. The number of benzene rings is 1. The van der Waals surface area contributed by atoms with Gasteiger partial charge in [-0.1, -0.05) is 13.8 Å². The van der Waals surface area contributed by atoms with Crippen molar-refractivity contribution in [3.63, 3.8) is 0 Å². The predicted octanol–water partition coefficient (Wildman–Crippen LogP) is 3.87. The molecule has 0 bridgehead atoms. The summed E-state index contributed by atoms with van der Waals surface area (Å²) in [5.41, 5.74) is 1.27. The maximum Gasteiger partial charge on any atom is 0.170 e. The van der Waals surface area contributed by atoms with Gasteiger partial charge < -0.3 is 5.11 Å². The third-order valence-electron chi connectivity index (χ3n) is 2.52. The summed E-state index contributed by atoms with van der Waals surface area (Å²) in [5.74, 6) is 0.281. The second-order valence-corrected chi connectivity index (χ2v) is 4.98. The van der Waals surface area contributed by atoms with Crippen molar-refractivity contribution in [2.24, 2.45) is 0 Å². The SMILES string of the molecule is CC(C)c1nc(-c2ccc(F)cc2)nc(Br)c1O. The molecule has 0 aliphatic heterocycles. The highest BCUT2D eigenvalue weighted by Gasteiger charge is 2.15. The van der Waals surface area contributed by atoms with E-state index >= 15 is 0 Å². The van der Waals surface area contributed by atoms with E-state index in [2.05, 4.69) is 25.9 Å². The molecule has 0 spiro atoms. The summed E-state index contributed by atoms with van der Waals surface area (Å²) < 4.78 is 13.2. The topological polar surface area (TPSA) is 46.0 Å². The van der Waals surface area contributed by atoms with Gasteiger partial charge in [-0.25, -0.2) is 14.4 Å². The van der Waals surface area contributed by atoms with E-state index in [1.54, 1.807) is 12.1 Å². The molecule has 0 unspecified atom stereocenters. The summed E-state index contributed by atoms with van der Waals surface area (Å²) in [6.45, 7) is 3.87. The molecular weight excluding hydrogens is 299 g/mol. The summed E-state index contributed by atoms with van der Waals surface area (Å²) in [6.07, 6.45) is 0. The van der Waals surface area contributed by atoms with Gasteiger partial charge in [0.1, 0.15) is 5.82 Å². The number of aromatic nitrogens is 2. The number of hydrogen-bond acceptors (Lipinski definition) is 3. The maximum absolute atomic E-state index is 12.9. The first-order chi connectivity index (χ1) is 8.49. The Morgan fingerprint density at radius 2 is 1.78 bits per heavy atom. The van der Waals surface area contributed by atoms with E-state index in [4.69, 9.17) is 0 Å². The summed E-state index contributed by atoms with van der Waals surface area (Å²) in [5, 5.41) is 9.85. The Bertz CT molecular complexity index is 570. The lowest BCUT2D eigenvalue weighted by Crippen LogP contribution is -1.99. The smallest absolute Gasteiger partial charge is 0.170 e. The first-order valence-electron chi connectivity index (χ1n) is 5.51. The predicted molar refractivity (Wildman–Crippen MR) is 70.9 cm³/mol. The molecule has 0 amide bonds. The molecule has 0 fully saturated rings. The second-order valence-electron chi connectivity index (χ2n) is 4.23. The Balaban J connectivity index is 2.55. The molecule has 0 saturated carbocycles. The van der Waals surface area contributed by atoms with Gasteiger partial charge in [-0.05, 0) is 46.1 Å². The van der Waals surface area contributed by atoms with E-state index in [-0.39, 0.29) is 17.5 Å². The number of nitrogens with zero attached hydrogens (tertiary/aromatic N) is 2. The monoisotopic (exact) mass is 310 g/mol. The van der Waals surface area contributed by atoms with E-state index in [0.717, 1.165) is 0 Å². The lowest BCUT2D eigenvalue weighted by molar-refractivity contribution is 0.452. The fraction of sp³-hybridized carbons (Fsp3) is 0.231. The molecule has 0 aliphatic rings. The van der Waals surface area contributed by atoms with Gasteiger partial charge in [0.05, 0.1) is 5.69 Å². The van der Waals surface area contributed by atoms with Crippen LogP contribution in [0.5, 0.6) is 5.75 Å². The van der Waals surface area contributed by atoms with E-state index in [1.165, 1.54) is 12.1 Å². The van der Waals surface area contributed by atoms with Gasteiger partial charge in [0, 0.05) is 5.56 Å². The molecule has 1 heterocycles. The fourth-order valence-corrected chi connectivity index (χ4v) is 1.95. The van der Waals surface area contributed by atoms with Gasteiger partial charge in [-0.15, -0.1) is 0 Å². The molecule has 0 atom stereocenters. The summed E-state index contributed by atoms with van der Waals surface area (Å²) in [6, 6.07) is 5.93. The van der Waals surface area contributed by atoms with Crippen LogP contribution in [0.2, 0.25) is 0 Å². The van der Waals surface area contributed by atoms with Crippen LogP contribution in [0.4, 0.5) is 4.39 Å². The van der Waals surface area contributed by atoms with Crippen LogP contribution >= 0.6 is 15.9 Å². The molecule has 2 aromatic rings. The molecule has 1 aromatic carbocycles. The van der Waals surface area contributed by atoms with Crippen molar-refractivity contribution in [2.45, 2.75) is 19.8 Å². The average Bonchev–Trinajstić information content (AvgIpc) is 2.33. The lowest BCUT2D eigenvalue weighted by atomic mass is 10.1. The maximum atomic E-state index is 12.9. The van der Waals surface area contributed by atoms with Crippen LogP contribution in [0.3, 0.4) is 0 Å². The van der Waals surface area contributed by atoms with Gasteiger partial charge in [0.2, 0.25) is 0 Å². The zero-order valence-electron chi connectivity index (χ0n) is 9.98. The first kappa shape index (κ1) is 13.0. The molecule has 1 N–H and O–H groups in total. The van der Waals surface area contributed by atoms with Crippen LogP contribution in [-0.2, 0) is 0 Å². The Kier molecular flexibility index (Phi) is 3.61. The molecule has 0 saturated heterocycles. The number of halogens is 2.